The van der Waals surface area contributed by atoms with Crippen molar-refractivity contribution in [1.29, 1.82) is 0 Å². The van der Waals surface area contributed by atoms with Crippen LogP contribution in [0.1, 0.15) is 5.56 Å². The van der Waals surface area contributed by atoms with E-state index in [0.717, 1.165) is 5.56 Å². The molecule has 0 radical (unpaired) electrons. The predicted octanol–water partition coefficient (Wildman–Crippen LogP) is 3.68. The van der Waals surface area contributed by atoms with E-state index in [9.17, 15) is 4.39 Å². The van der Waals surface area contributed by atoms with Gasteiger partial charge in [0.2, 0.25) is 0 Å². The lowest BCUT2D eigenvalue weighted by Crippen LogP contribution is -2.11. The van der Waals surface area contributed by atoms with Gasteiger partial charge in [0.15, 0.2) is 11.6 Å². The van der Waals surface area contributed by atoms with Gasteiger partial charge >= 0.3 is 0 Å². The number of nitrogens with two attached hydrogens (primary N) is 1. The van der Waals surface area contributed by atoms with Crippen molar-refractivity contribution in [2.45, 2.75) is 0 Å². The minimum atomic E-state index is -0.417. The Morgan fingerprint density at radius 1 is 1.14 bits per heavy atom. The number of rotatable bonds is 6. The fourth-order valence-electron chi connectivity index (χ4n) is 1.64. The van der Waals surface area contributed by atoms with E-state index in [1.165, 1.54) is 6.07 Å². The lowest BCUT2D eigenvalue weighted by molar-refractivity contribution is 0.211. The van der Waals surface area contributed by atoms with Crippen LogP contribution in [0.2, 0.25) is 0 Å². The molecule has 0 aliphatic rings. The molecule has 110 valence electrons. The zero-order chi connectivity index (χ0) is 15.2. The molecule has 0 aliphatic carbocycles. The average molecular weight is 370 g/mol. The van der Waals surface area contributed by atoms with Gasteiger partial charge in [-0.05, 0) is 30.3 Å². The molecular formula is C15H13BrFNO2S. The highest BCUT2D eigenvalue weighted by Crippen LogP contribution is 2.21. The highest BCUT2D eigenvalue weighted by molar-refractivity contribution is 9.10. The smallest absolute Gasteiger partial charge is 0.166 e. The molecule has 0 amide bonds. The summed E-state index contributed by atoms with van der Waals surface area (Å²) in [6.07, 6.45) is 0. The summed E-state index contributed by atoms with van der Waals surface area (Å²) in [7, 11) is 0. The molecule has 2 N–H and O–H groups in total. The van der Waals surface area contributed by atoms with E-state index in [1.54, 1.807) is 30.3 Å². The van der Waals surface area contributed by atoms with E-state index in [1.807, 2.05) is 6.07 Å². The van der Waals surface area contributed by atoms with Gasteiger partial charge in [-0.2, -0.15) is 0 Å². The van der Waals surface area contributed by atoms with E-state index in [-0.39, 0.29) is 19.0 Å². The summed E-state index contributed by atoms with van der Waals surface area (Å²) in [5, 5.41) is 0. The molecule has 2 aromatic carbocycles. The van der Waals surface area contributed by atoms with Crippen molar-refractivity contribution >= 4 is 33.1 Å². The largest absolute Gasteiger partial charge is 0.490 e. The predicted molar refractivity (Wildman–Crippen MR) is 87.4 cm³/mol. The normalized spacial score (nSPS) is 10.2. The summed E-state index contributed by atoms with van der Waals surface area (Å²) in [5.41, 5.74) is 6.29. The van der Waals surface area contributed by atoms with Crippen molar-refractivity contribution in [1.82, 2.24) is 0 Å². The van der Waals surface area contributed by atoms with Crippen LogP contribution in [0, 0.1) is 5.82 Å². The minimum Gasteiger partial charge on any atom is -0.490 e. The third-order valence-corrected chi connectivity index (χ3v) is 3.35. The lowest BCUT2D eigenvalue weighted by atomic mass is 10.2. The van der Waals surface area contributed by atoms with Crippen molar-refractivity contribution in [2.24, 2.45) is 5.73 Å². The van der Waals surface area contributed by atoms with Crippen LogP contribution < -0.4 is 15.2 Å². The number of thiocarbonyl (C=S) groups is 1. The fourth-order valence-corrected chi connectivity index (χ4v) is 2.10. The number of hydrogen-bond donors (Lipinski definition) is 1. The summed E-state index contributed by atoms with van der Waals surface area (Å²) < 4.78 is 25.0. The quantitative estimate of drug-likeness (QED) is 0.623. The van der Waals surface area contributed by atoms with E-state index in [0.29, 0.717) is 15.2 Å². The third kappa shape index (κ3) is 4.68. The Morgan fingerprint density at radius 2 is 1.90 bits per heavy atom. The van der Waals surface area contributed by atoms with Crippen LogP contribution in [0.3, 0.4) is 0 Å². The fraction of sp³-hybridized carbons (Fsp3) is 0.133. The highest BCUT2D eigenvalue weighted by Gasteiger charge is 2.04. The molecule has 0 saturated heterocycles. The van der Waals surface area contributed by atoms with Crippen LogP contribution in [0.5, 0.6) is 11.5 Å². The molecule has 0 fully saturated rings. The Balaban J connectivity index is 1.84. The summed E-state index contributed by atoms with van der Waals surface area (Å²) in [5.74, 6) is 0.415. The summed E-state index contributed by atoms with van der Waals surface area (Å²) >= 11 is 8.08. The molecule has 0 bridgehead atoms. The molecule has 0 unspecified atom stereocenters. The van der Waals surface area contributed by atoms with Crippen molar-refractivity contribution in [3.63, 3.8) is 0 Å². The van der Waals surface area contributed by atoms with Crippen molar-refractivity contribution in [2.75, 3.05) is 13.2 Å². The molecule has 0 aromatic heterocycles. The molecule has 0 saturated carbocycles. The van der Waals surface area contributed by atoms with Crippen molar-refractivity contribution in [3.05, 3.63) is 58.3 Å². The molecule has 2 aromatic rings. The van der Waals surface area contributed by atoms with Crippen LogP contribution >= 0.6 is 28.1 Å². The Hall–Kier alpha value is -1.66. The SMILES string of the molecule is NC(=S)c1cccc(OCCOc2ccc(Br)cc2F)c1. The average Bonchev–Trinajstić information content (AvgIpc) is 2.45. The van der Waals surface area contributed by atoms with E-state index >= 15 is 0 Å². The van der Waals surface area contributed by atoms with Crippen molar-refractivity contribution in [3.8, 4) is 11.5 Å². The maximum Gasteiger partial charge on any atom is 0.166 e. The van der Waals surface area contributed by atoms with Crippen molar-refractivity contribution < 1.29 is 13.9 Å². The number of hydrogen-bond acceptors (Lipinski definition) is 3. The molecular weight excluding hydrogens is 357 g/mol. The van der Waals surface area contributed by atoms with Crippen LogP contribution in [0.4, 0.5) is 4.39 Å². The molecule has 0 aliphatic heterocycles. The molecule has 0 atom stereocenters. The standard InChI is InChI=1S/C15H13BrFNO2S/c16-11-4-5-14(13(17)9-11)20-7-6-19-12-3-1-2-10(8-12)15(18)21/h1-5,8-9H,6-7H2,(H2,18,21). The van der Waals surface area contributed by atoms with Gasteiger partial charge in [-0.15, -0.1) is 0 Å². The second-order valence-corrected chi connectivity index (χ2v) is 5.52. The summed E-state index contributed by atoms with van der Waals surface area (Å²) in [6.45, 7) is 0.520. The molecule has 0 heterocycles. The third-order valence-electron chi connectivity index (χ3n) is 2.62. The first-order valence-electron chi connectivity index (χ1n) is 6.17. The lowest BCUT2D eigenvalue weighted by Gasteiger charge is -2.10. The Labute approximate surface area is 136 Å². The van der Waals surface area contributed by atoms with Gasteiger partial charge in [-0.3, -0.25) is 0 Å². The number of benzene rings is 2. The first-order valence-corrected chi connectivity index (χ1v) is 7.37. The van der Waals surface area contributed by atoms with Gasteiger partial charge in [0, 0.05) is 10.0 Å². The number of ether oxygens (including phenoxy) is 2. The summed E-state index contributed by atoms with van der Waals surface area (Å²) in [6, 6.07) is 11.8. The van der Waals surface area contributed by atoms with Gasteiger partial charge in [-0.1, -0.05) is 40.3 Å². The van der Waals surface area contributed by atoms with Gasteiger partial charge in [0.25, 0.3) is 0 Å². The monoisotopic (exact) mass is 369 g/mol. The topological polar surface area (TPSA) is 44.5 Å². The van der Waals surface area contributed by atoms with E-state index < -0.39 is 5.82 Å². The Bertz CT molecular complexity index is 651. The van der Waals surface area contributed by atoms with Gasteiger partial charge in [0.1, 0.15) is 24.0 Å². The van der Waals surface area contributed by atoms with E-state index in [4.69, 9.17) is 27.4 Å². The Kier molecular flexibility index (Phi) is 5.52. The van der Waals surface area contributed by atoms with Crippen LogP contribution in [0.15, 0.2) is 46.9 Å². The van der Waals surface area contributed by atoms with Gasteiger partial charge in [-0.25, -0.2) is 4.39 Å². The molecule has 3 nitrogen and oxygen atoms in total. The van der Waals surface area contributed by atoms with Crippen LogP contribution in [-0.2, 0) is 0 Å². The zero-order valence-electron chi connectivity index (χ0n) is 11.0. The summed E-state index contributed by atoms with van der Waals surface area (Å²) in [4.78, 5) is 0.314. The van der Waals surface area contributed by atoms with Crippen LogP contribution in [0.25, 0.3) is 0 Å². The molecule has 2 rings (SSSR count). The first-order chi connectivity index (χ1) is 10.1. The second kappa shape index (κ2) is 7.38. The minimum absolute atomic E-state index is 0.193. The Morgan fingerprint density at radius 3 is 2.62 bits per heavy atom. The number of halogens is 2. The first kappa shape index (κ1) is 15.7. The zero-order valence-corrected chi connectivity index (χ0v) is 13.4. The maximum atomic E-state index is 13.5. The highest BCUT2D eigenvalue weighted by atomic mass is 79.9. The van der Waals surface area contributed by atoms with Crippen LogP contribution in [-0.4, -0.2) is 18.2 Å². The van der Waals surface area contributed by atoms with Gasteiger partial charge in [0.05, 0.1) is 0 Å². The van der Waals surface area contributed by atoms with Gasteiger partial charge < -0.3 is 15.2 Å². The molecule has 6 heteroatoms. The molecule has 0 spiro atoms. The maximum absolute atomic E-state index is 13.5. The molecule has 21 heavy (non-hydrogen) atoms. The van der Waals surface area contributed by atoms with E-state index in [2.05, 4.69) is 15.9 Å². The second-order valence-electron chi connectivity index (χ2n) is 4.16.